The molecule has 142 valence electrons. The zero-order valence-electron chi connectivity index (χ0n) is 15.2. The van der Waals surface area contributed by atoms with Crippen molar-refractivity contribution in [1.29, 1.82) is 0 Å². The van der Waals surface area contributed by atoms with E-state index in [1.807, 2.05) is 30.3 Å². The molecule has 0 bridgehead atoms. The van der Waals surface area contributed by atoms with Crippen LogP contribution in [-0.4, -0.2) is 34.1 Å². The van der Waals surface area contributed by atoms with Gasteiger partial charge in [0.1, 0.15) is 5.75 Å². The maximum atomic E-state index is 12.6. The Morgan fingerprint density at radius 3 is 2.57 bits per heavy atom. The van der Waals surface area contributed by atoms with E-state index >= 15 is 0 Å². The lowest BCUT2D eigenvalue weighted by molar-refractivity contribution is 0.102. The average Bonchev–Trinajstić information content (AvgIpc) is 3.31. The third kappa shape index (κ3) is 3.39. The number of ether oxygens (including phenoxy) is 1. The van der Waals surface area contributed by atoms with Gasteiger partial charge < -0.3 is 20.3 Å². The fourth-order valence-electron chi connectivity index (χ4n) is 3.12. The molecule has 0 unspecified atom stereocenters. The summed E-state index contributed by atoms with van der Waals surface area (Å²) in [6, 6.07) is 16.0. The number of nitrogens with zero attached hydrogens (tertiary/aromatic N) is 2. The molecule has 8 heteroatoms. The van der Waals surface area contributed by atoms with Crippen LogP contribution in [0.2, 0.25) is 0 Å². The van der Waals surface area contributed by atoms with Gasteiger partial charge in [-0.2, -0.15) is 5.10 Å². The third-order valence-electron chi connectivity index (χ3n) is 4.55. The second-order valence-electron chi connectivity index (χ2n) is 6.34. The molecule has 0 saturated heterocycles. The summed E-state index contributed by atoms with van der Waals surface area (Å²) in [5.41, 5.74) is 2.74. The molecule has 0 fully saturated rings. The fraction of sp³-hybridized carbons (Fsp3) is 0.150. The van der Waals surface area contributed by atoms with E-state index in [4.69, 9.17) is 4.74 Å². The Balaban J connectivity index is 1.45. The Labute approximate surface area is 161 Å². The van der Waals surface area contributed by atoms with Gasteiger partial charge in [-0.25, -0.2) is 4.79 Å². The number of aromatic amines is 1. The van der Waals surface area contributed by atoms with Gasteiger partial charge in [0.05, 0.1) is 31.5 Å². The number of H-pyrrole nitrogens is 1. The molecular weight excluding hydrogens is 358 g/mol. The van der Waals surface area contributed by atoms with Crippen LogP contribution in [0.1, 0.15) is 21.6 Å². The standard InChI is InChI=1S/C20H19N5O3/c1-28-17-10-6-5-9-14(17)19(26)22-18-15-11-25(12-16(15)23-24-18)20(27)21-13-7-3-2-4-8-13/h2-10H,11-12H2,1H3,(H,21,27)(H2,22,23,24,26). The second kappa shape index (κ2) is 7.43. The molecule has 0 aliphatic carbocycles. The number of amides is 3. The van der Waals surface area contributed by atoms with E-state index in [-0.39, 0.29) is 11.9 Å². The van der Waals surface area contributed by atoms with Crippen LogP contribution in [0.4, 0.5) is 16.3 Å². The molecule has 8 nitrogen and oxygen atoms in total. The molecule has 3 N–H and O–H groups in total. The van der Waals surface area contributed by atoms with E-state index in [1.165, 1.54) is 7.11 Å². The third-order valence-corrected chi connectivity index (χ3v) is 4.55. The van der Waals surface area contributed by atoms with Crippen LogP contribution in [-0.2, 0) is 13.1 Å². The van der Waals surface area contributed by atoms with Gasteiger partial charge in [0, 0.05) is 11.3 Å². The summed E-state index contributed by atoms with van der Waals surface area (Å²) >= 11 is 0. The van der Waals surface area contributed by atoms with E-state index in [0.717, 1.165) is 16.9 Å². The van der Waals surface area contributed by atoms with E-state index in [1.54, 1.807) is 29.2 Å². The summed E-state index contributed by atoms with van der Waals surface area (Å²) in [5.74, 6) is 0.580. The minimum absolute atomic E-state index is 0.210. The van der Waals surface area contributed by atoms with Gasteiger partial charge in [-0.15, -0.1) is 0 Å². The highest BCUT2D eigenvalue weighted by Gasteiger charge is 2.29. The first-order valence-electron chi connectivity index (χ1n) is 8.77. The van der Waals surface area contributed by atoms with Crippen LogP contribution in [0.5, 0.6) is 5.75 Å². The molecule has 1 aliphatic heterocycles. The van der Waals surface area contributed by atoms with E-state index in [0.29, 0.717) is 30.2 Å². The molecule has 0 saturated carbocycles. The van der Waals surface area contributed by atoms with Gasteiger partial charge in [0.25, 0.3) is 5.91 Å². The summed E-state index contributed by atoms with van der Waals surface area (Å²) in [6.07, 6.45) is 0. The molecule has 1 aromatic heterocycles. The highest BCUT2D eigenvalue weighted by molar-refractivity contribution is 6.06. The number of rotatable bonds is 4. The first-order valence-corrected chi connectivity index (χ1v) is 8.77. The maximum absolute atomic E-state index is 12.6. The van der Waals surface area contributed by atoms with Crippen LogP contribution in [0.25, 0.3) is 0 Å². The Bertz CT molecular complexity index is 1020. The SMILES string of the molecule is COc1ccccc1C(=O)Nc1n[nH]c2c1CN(C(=O)Nc1ccccc1)C2. The van der Waals surface area contributed by atoms with Crippen LogP contribution >= 0.6 is 0 Å². The number of urea groups is 1. The van der Waals surface area contributed by atoms with E-state index in [2.05, 4.69) is 20.8 Å². The lowest BCUT2D eigenvalue weighted by Crippen LogP contribution is -2.30. The fourth-order valence-corrected chi connectivity index (χ4v) is 3.12. The highest BCUT2D eigenvalue weighted by Crippen LogP contribution is 2.28. The number of benzene rings is 2. The number of anilines is 2. The van der Waals surface area contributed by atoms with E-state index < -0.39 is 0 Å². The van der Waals surface area contributed by atoms with Crippen LogP contribution in [0.15, 0.2) is 54.6 Å². The molecule has 0 radical (unpaired) electrons. The Morgan fingerprint density at radius 1 is 1.04 bits per heavy atom. The van der Waals surface area contributed by atoms with Crippen molar-refractivity contribution in [2.75, 3.05) is 17.7 Å². The average molecular weight is 377 g/mol. The van der Waals surface area contributed by atoms with Gasteiger partial charge in [-0.3, -0.25) is 9.89 Å². The highest BCUT2D eigenvalue weighted by atomic mass is 16.5. The van der Waals surface area contributed by atoms with Crippen molar-refractivity contribution in [3.63, 3.8) is 0 Å². The lowest BCUT2D eigenvalue weighted by Gasteiger charge is -2.16. The summed E-state index contributed by atoms with van der Waals surface area (Å²) in [5, 5.41) is 12.7. The first-order chi connectivity index (χ1) is 13.7. The molecule has 1 aliphatic rings. The largest absolute Gasteiger partial charge is 0.496 e. The minimum atomic E-state index is -0.320. The van der Waals surface area contributed by atoms with Crippen LogP contribution in [0, 0.1) is 0 Å². The summed E-state index contributed by atoms with van der Waals surface area (Å²) in [6.45, 7) is 0.748. The van der Waals surface area contributed by atoms with Crippen molar-refractivity contribution in [1.82, 2.24) is 15.1 Å². The smallest absolute Gasteiger partial charge is 0.322 e. The Morgan fingerprint density at radius 2 is 1.79 bits per heavy atom. The molecule has 3 amide bonds. The summed E-state index contributed by atoms with van der Waals surface area (Å²) in [7, 11) is 1.52. The number of nitrogens with one attached hydrogen (secondary N) is 3. The van der Waals surface area contributed by atoms with Crippen molar-refractivity contribution in [3.8, 4) is 5.75 Å². The molecular formula is C20H19N5O3. The zero-order chi connectivity index (χ0) is 19.5. The normalized spacial score (nSPS) is 12.4. The molecule has 28 heavy (non-hydrogen) atoms. The molecule has 3 aromatic rings. The predicted octanol–water partition coefficient (Wildman–Crippen LogP) is 3.22. The number of aromatic nitrogens is 2. The van der Waals surface area contributed by atoms with Gasteiger partial charge in [-0.1, -0.05) is 30.3 Å². The van der Waals surface area contributed by atoms with Gasteiger partial charge in [0.2, 0.25) is 0 Å². The van der Waals surface area contributed by atoms with Gasteiger partial charge in [-0.05, 0) is 24.3 Å². The number of fused-ring (bicyclic) bond motifs is 1. The summed E-state index contributed by atoms with van der Waals surface area (Å²) < 4.78 is 5.23. The number of para-hydroxylation sites is 2. The first kappa shape index (κ1) is 17.6. The minimum Gasteiger partial charge on any atom is -0.496 e. The van der Waals surface area contributed by atoms with Crippen molar-refractivity contribution in [3.05, 3.63) is 71.4 Å². The number of hydrogen-bond donors (Lipinski definition) is 3. The maximum Gasteiger partial charge on any atom is 0.322 e. The summed E-state index contributed by atoms with van der Waals surface area (Å²) in [4.78, 5) is 26.8. The van der Waals surface area contributed by atoms with E-state index in [9.17, 15) is 9.59 Å². The van der Waals surface area contributed by atoms with Crippen molar-refractivity contribution < 1.29 is 14.3 Å². The van der Waals surface area contributed by atoms with Gasteiger partial charge >= 0.3 is 6.03 Å². The lowest BCUT2D eigenvalue weighted by atomic mass is 10.2. The number of carbonyl (C=O) groups is 2. The molecule has 0 atom stereocenters. The monoisotopic (exact) mass is 377 g/mol. The van der Waals surface area contributed by atoms with Crippen molar-refractivity contribution in [2.45, 2.75) is 13.1 Å². The predicted molar refractivity (Wildman–Crippen MR) is 104 cm³/mol. The number of hydrogen-bond acceptors (Lipinski definition) is 4. The second-order valence-corrected chi connectivity index (χ2v) is 6.34. The van der Waals surface area contributed by atoms with Crippen LogP contribution in [0.3, 0.4) is 0 Å². The number of methoxy groups -OCH3 is 1. The van der Waals surface area contributed by atoms with Crippen LogP contribution < -0.4 is 15.4 Å². The van der Waals surface area contributed by atoms with Crippen molar-refractivity contribution in [2.24, 2.45) is 0 Å². The van der Waals surface area contributed by atoms with Crippen molar-refractivity contribution >= 4 is 23.4 Å². The molecule has 4 rings (SSSR count). The molecule has 2 aromatic carbocycles. The zero-order valence-corrected chi connectivity index (χ0v) is 15.2. The number of carbonyl (C=O) groups excluding carboxylic acids is 2. The Hall–Kier alpha value is -3.81. The molecule has 0 spiro atoms. The topological polar surface area (TPSA) is 99.3 Å². The Kier molecular flexibility index (Phi) is 4.67. The quantitative estimate of drug-likeness (QED) is 0.650. The van der Waals surface area contributed by atoms with Gasteiger partial charge in [0.15, 0.2) is 5.82 Å². The molecule has 2 heterocycles.